The molecule has 2 amide bonds. The third-order valence-electron chi connectivity index (χ3n) is 10.1. The van der Waals surface area contributed by atoms with Gasteiger partial charge in [0.15, 0.2) is 11.5 Å². The number of benzene rings is 3. The van der Waals surface area contributed by atoms with Gasteiger partial charge in [-0.2, -0.15) is 5.10 Å². The molecule has 1 aliphatic rings. The van der Waals surface area contributed by atoms with Crippen LogP contribution in [-0.4, -0.2) is 101 Å². The molecule has 3 aromatic heterocycles. The minimum atomic E-state index is -1.21. The van der Waals surface area contributed by atoms with Crippen molar-refractivity contribution in [2.24, 2.45) is 0 Å². The van der Waals surface area contributed by atoms with E-state index in [1.165, 1.54) is 18.1 Å². The van der Waals surface area contributed by atoms with Gasteiger partial charge >= 0.3 is 0 Å². The van der Waals surface area contributed by atoms with E-state index < -0.39 is 30.2 Å². The van der Waals surface area contributed by atoms with Crippen LogP contribution in [0.5, 0.6) is 0 Å². The van der Waals surface area contributed by atoms with E-state index in [-0.39, 0.29) is 50.3 Å². The van der Waals surface area contributed by atoms with Crippen LogP contribution in [0.4, 0.5) is 5.82 Å². The van der Waals surface area contributed by atoms with Gasteiger partial charge in [0.25, 0.3) is 5.91 Å². The van der Waals surface area contributed by atoms with Gasteiger partial charge in [-0.1, -0.05) is 91.0 Å². The molecule has 7 rings (SSSR count). The molecule has 290 valence electrons. The third-order valence-corrected chi connectivity index (χ3v) is 10.1. The van der Waals surface area contributed by atoms with E-state index in [9.17, 15) is 24.9 Å². The molecule has 3 heterocycles. The molecule has 56 heavy (non-hydrogen) atoms. The molecule has 15 nitrogen and oxygen atoms in total. The van der Waals surface area contributed by atoms with Crippen LogP contribution in [0, 0.1) is 0 Å². The van der Waals surface area contributed by atoms with Gasteiger partial charge in [-0.3, -0.25) is 14.3 Å². The maximum absolute atomic E-state index is 13.6. The Kier molecular flexibility index (Phi) is 12.4. The number of nitrogens with zero attached hydrogens (tertiary/aromatic N) is 6. The number of fused-ring (bicyclic) bond motifs is 1. The van der Waals surface area contributed by atoms with Gasteiger partial charge in [0.1, 0.15) is 17.7 Å². The Morgan fingerprint density at radius 1 is 0.804 bits per heavy atom. The Balaban J connectivity index is 1.08. The predicted octanol–water partition coefficient (Wildman–Crippen LogP) is 2.35. The number of hydrogen-bond donors (Lipinski definition) is 7. The van der Waals surface area contributed by atoms with Crippen LogP contribution in [0.1, 0.15) is 57.3 Å². The summed E-state index contributed by atoms with van der Waals surface area (Å²) in [4.78, 5) is 40.0. The lowest BCUT2D eigenvalue weighted by atomic mass is 9.91. The summed E-state index contributed by atoms with van der Waals surface area (Å²) in [5.74, 6) is -0.613. The molecule has 1 fully saturated rings. The summed E-state index contributed by atoms with van der Waals surface area (Å²) in [5.41, 5.74) is 4.63. The van der Waals surface area contributed by atoms with E-state index >= 15 is 0 Å². The zero-order valence-electron chi connectivity index (χ0n) is 30.8. The van der Waals surface area contributed by atoms with Gasteiger partial charge in [0.05, 0.1) is 37.8 Å². The minimum Gasteiger partial charge on any atom is -0.392 e. The smallest absolute Gasteiger partial charge is 0.289 e. The molecule has 1 aliphatic carbocycles. The molecule has 1 saturated carbocycles. The first-order valence-electron chi connectivity index (χ1n) is 18.8. The number of imidazole rings is 1. The second-order valence-corrected chi connectivity index (χ2v) is 13.8. The molecule has 15 heteroatoms. The van der Waals surface area contributed by atoms with Crippen molar-refractivity contribution in [3.8, 4) is 0 Å². The number of anilines is 1. The fourth-order valence-electron chi connectivity index (χ4n) is 7.14. The maximum Gasteiger partial charge on any atom is 0.289 e. The third kappa shape index (κ3) is 8.92. The second-order valence-electron chi connectivity index (χ2n) is 13.8. The lowest BCUT2D eigenvalue weighted by molar-refractivity contribution is -0.120. The largest absolute Gasteiger partial charge is 0.392 e. The summed E-state index contributed by atoms with van der Waals surface area (Å²) in [6.45, 7) is 1.36. The van der Waals surface area contributed by atoms with Gasteiger partial charge in [-0.25, -0.2) is 15.0 Å². The van der Waals surface area contributed by atoms with Gasteiger partial charge in [-0.05, 0) is 36.1 Å². The highest BCUT2D eigenvalue weighted by atomic mass is 16.3. The van der Waals surface area contributed by atoms with Crippen molar-refractivity contribution in [1.82, 2.24) is 45.2 Å². The number of nitrogens with one attached hydrogen (secondary N) is 4. The molecule has 0 aliphatic heterocycles. The first kappa shape index (κ1) is 38.3. The summed E-state index contributed by atoms with van der Waals surface area (Å²) in [6, 6.07) is 28.9. The molecule has 0 saturated heterocycles. The van der Waals surface area contributed by atoms with Crippen molar-refractivity contribution >= 4 is 28.8 Å². The van der Waals surface area contributed by atoms with E-state index in [1.54, 1.807) is 15.4 Å². The van der Waals surface area contributed by atoms with Crippen LogP contribution in [0.2, 0.25) is 0 Å². The fraction of sp³-hybridized carbons (Fsp3) is 0.317. The van der Waals surface area contributed by atoms with Crippen LogP contribution in [-0.2, 0) is 17.8 Å². The topological polar surface area (TPSA) is 204 Å². The average molecular weight is 759 g/mol. The predicted molar refractivity (Wildman–Crippen MR) is 210 cm³/mol. The highest BCUT2D eigenvalue weighted by molar-refractivity contribution is 5.94. The molecular formula is C41H46N10O5. The van der Waals surface area contributed by atoms with Crippen LogP contribution in [0.25, 0.3) is 11.2 Å². The van der Waals surface area contributed by atoms with Crippen LogP contribution < -0.4 is 21.3 Å². The Morgan fingerprint density at radius 2 is 1.46 bits per heavy atom. The number of carbonyl (C=O) groups is 2. The first-order valence-corrected chi connectivity index (χ1v) is 18.8. The Hall–Kier alpha value is -6.00. The van der Waals surface area contributed by atoms with Crippen molar-refractivity contribution in [2.75, 3.05) is 38.0 Å². The monoisotopic (exact) mass is 758 g/mol. The van der Waals surface area contributed by atoms with Crippen molar-refractivity contribution in [3.05, 3.63) is 138 Å². The number of amides is 2. The highest BCUT2D eigenvalue weighted by Gasteiger charge is 2.44. The van der Waals surface area contributed by atoms with E-state index in [4.69, 9.17) is 0 Å². The molecular weight excluding hydrogens is 713 g/mol. The van der Waals surface area contributed by atoms with Gasteiger partial charge in [0, 0.05) is 37.3 Å². The van der Waals surface area contributed by atoms with Crippen LogP contribution in [0.15, 0.2) is 110 Å². The Bertz CT molecular complexity index is 2160. The van der Waals surface area contributed by atoms with Crippen molar-refractivity contribution in [3.63, 3.8) is 0 Å². The molecule has 0 bridgehead atoms. The maximum atomic E-state index is 13.6. The Labute approximate surface area is 323 Å². The van der Waals surface area contributed by atoms with Crippen LogP contribution >= 0.6 is 0 Å². The second kappa shape index (κ2) is 18.1. The summed E-state index contributed by atoms with van der Waals surface area (Å²) in [6.07, 6.45) is 3.40. The van der Waals surface area contributed by atoms with E-state index in [2.05, 4.69) is 65.6 Å². The van der Waals surface area contributed by atoms with Gasteiger partial charge < -0.3 is 41.2 Å². The van der Waals surface area contributed by atoms with Gasteiger partial charge in [0.2, 0.25) is 11.7 Å². The zero-order chi connectivity index (χ0) is 38.9. The molecule has 7 N–H and O–H groups in total. The van der Waals surface area contributed by atoms with E-state index in [0.717, 1.165) is 17.5 Å². The summed E-state index contributed by atoms with van der Waals surface area (Å²) >= 11 is 0. The van der Waals surface area contributed by atoms with E-state index in [1.807, 2.05) is 66.7 Å². The molecule has 0 unspecified atom stereocenters. The normalized spacial score (nSPS) is 18.0. The number of hydrogen-bond acceptors (Lipinski definition) is 11. The standard InChI is InChI=1S/C41H46N10O5/c52-25-28-21-47-51(24-28)33-20-32(36(54)37(33)55)50-26-46-35-38(45-22-31(29-12-6-2-7-13-29)30-14-8-3-9-15-30)48-39(49-40(35)50)41(56)44-19-18-43-34(53)23-42-17-16-27-10-4-1-5-11-27/h1-15,21,24,26,31-33,36-37,42,52,54-55H,16-20,22-23,25H2,(H,43,53)(H,44,56)(H,45,48,49)/t32-,33+,36+,37-/m1/s1. The van der Waals surface area contributed by atoms with E-state index in [0.29, 0.717) is 35.6 Å². The number of aliphatic hydroxyl groups excluding tert-OH is 3. The summed E-state index contributed by atoms with van der Waals surface area (Å²) < 4.78 is 3.21. The summed E-state index contributed by atoms with van der Waals surface area (Å²) in [7, 11) is 0. The molecule has 0 radical (unpaired) electrons. The highest BCUT2D eigenvalue weighted by Crippen LogP contribution is 2.40. The average Bonchev–Trinajstić information content (AvgIpc) is 3.97. The zero-order valence-corrected chi connectivity index (χ0v) is 30.8. The molecule has 0 spiro atoms. The molecule has 4 atom stereocenters. The Morgan fingerprint density at radius 3 is 2.14 bits per heavy atom. The quantitative estimate of drug-likeness (QED) is 0.0673. The van der Waals surface area contributed by atoms with Crippen molar-refractivity contribution < 1.29 is 24.9 Å². The first-order chi connectivity index (χ1) is 27.4. The minimum absolute atomic E-state index is 0.0661. The fourth-order valence-corrected chi connectivity index (χ4v) is 7.14. The number of aromatic nitrogens is 6. The molecule has 3 aromatic carbocycles. The van der Waals surface area contributed by atoms with Crippen molar-refractivity contribution in [1.29, 1.82) is 0 Å². The lowest BCUT2D eigenvalue weighted by Crippen LogP contribution is -2.39. The number of rotatable bonds is 17. The lowest BCUT2D eigenvalue weighted by Gasteiger charge is -2.20. The summed E-state index contributed by atoms with van der Waals surface area (Å²) in [5, 5.41) is 48.5. The SMILES string of the molecule is O=C(CNCCc1ccccc1)NCCNC(=O)c1nc(NCC(c2ccccc2)c2ccccc2)c2ncn([C@@H]3C[C@H](n4cc(CO)cn4)[C@@H](O)[C@H]3O)c2n1. The van der Waals surface area contributed by atoms with Crippen LogP contribution in [0.3, 0.4) is 0 Å². The van der Waals surface area contributed by atoms with Gasteiger partial charge in [-0.15, -0.1) is 0 Å². The van der Waals surface area contributed by atoms with Crippen molar-refractivity contribution in [2.45, 2.75) is 49.7 Å². The number of aliphatic hydroxyl groups is 3. The number of carbonyl (C=O) groups excluding carboxylic acids is 2. The molecule has 6 aromatic rings.